The van der Waals surface area contributed by atoms with Gasteiger partial charge in [0.05, 0.1) is 32.2 Å². The van der Waals surface area contributed by atoms with Crippen LogP contribution in [0.15, 0.2) is 23.8 Å². The number of ether oxygens (including phenoxy) is 2. The monoisotopic (exact) mass is 317 g/mol. The minimum absolute atomic E-state index is 0.0981. The molecule has 4 rings (SSSR count). The number of phenolic OH excluding ortho intramolecular Hbond substituents is 1. The Morgan fingerprint density at radius 1 is 1.43 bits per heavy atom. The molecule has 1 aromatic rings. The van der Waals surface area contributed by atoms with Crippen LogP contribution in [0.25, 0.3) is 0 Å². The molecule has 0 spiro atoms. The predicted molar refractivity (Wildman–Crippen MR) is 82.1 cm³/mol. The molecular weight excluding hydrogens is 298 g/mol. The summed E-state index contributed by atoms with van der Waals surface area (Å²) < 4.78 is 10.4. The number of hydroxylamine groups is 3. The van der Waals surface area contributed by atoms with Gasteiger partial charge in [-0.2, -0.15) is 0 Å². The predicted octanol–water partition coefficient (Wildman–Crippen LogP) is 2.07. The zero-order valence-corrected chi connectivity index (χ0v) is 13.1. The summed E-state index contributed by atoms with van der Waals surface area (Å²) in [5, 5.41) is 22.9. The van der Waals surface area contributed by atoms with E-state index in [1.807, 2.05) is 0 Å². The molecule has 122 valence electrons. The number of quaternary nitrogens is 1. The standard InChI is InChI=1S/C17H19NO5/c1-18(21)6-5-9-3-4-13-15(16(9)18)10-8-14(22-2)12(19)7-11(10)17(20)23-13/h3,7-8,13,15-16,19H,4-6H2,1-2H3. The topological polar surface area (TPSA) is 78.8 Å². The van der Waals surface area contributed by atoms with Gasteiger partial charge in [-0.1, -0.05) is 6.08 Å². The number of nitrogens with zero attached hydrogens (tertiary/aromatic N) is 1. The fraction of sp³-hybridized carbons (Fsp3) is 0.471. The van der Waals surface area contributed by atoms with Crippen LogP contribution in [0.5, 0.6) is 11.5 Å². The number of hydrogen-bond acceptors (Lipinski definition) is 5. The van der Waals surface area contributed by atoms with E-state index in [0.29, 0.717) is 24.3 Å². The smallest absolute Gasteiger partial charge is 0.338 e. The molecule has 1 aromatic carbocycles. The maximum absolute atomic E-state index is 12.9. The van der Waals surface area contributed by atoms with Crippen molar-refractivity contribution >= 4 is 5.97 Å². The molecular formula is C17H19NO5. The van der Waals surface area contributed by atoms with Crippen molar-refractivity contribution in [3.05, 3.63) is 40.1 Å². The molecule has 1 saturated heterocycles. The van der Waals surface area contributed by atoms with Crippen molar-refractivity contribution in [1.82, 2.24) is 0 Å². The van der Waals surface area contributed by atoms with Crippen molar-refractivity contribution in [1.29, 1.82) is 0 Å². The number of methoxy groups -OCH3 is 1. The third kappa shape index (κ3) is 1.98. The number of carbonyl (C=O) groups is 1. The van der Waals surface area contributed by atoms with Crippen LogP contribution in [0.3, 0.4) is 0 Å². The average molecular weight is 317 g/mol. The average Bonchev–Trinajstić information content (AvgIpc) is 2.82. The van der Waals surface area contributed by atoms with Gasteiger partial charge in [-0.15, -0.1) is 0 Å². The van der Waals surface area contributed by atoms with Gasteiger partial charge >= 0.3 is 5.97 Å². The Morgan fingerprint density at radius 3 is 2.96 bits per heavy atom. The molecule has 1 aliphatic carbocycles. The van der Waals surface area contributed by atoms with Crippen LogP contribution in [0, 0.1) is 5.21 Å². The van der Waals surface area contributed by atoms with Crippen molar-refractivity contribution in [3.63, 3.8) is 0 Å². The number of hydrogen-bond donors (Lipinski definition) is 1. The first-order valence-electron chi connectivity index (χ1n) is 7.79. The van der Waals surface area contributed by atoms with E-state index in [1.54, 1.807) is 13.1 Å². The fourth-order valence-electron chi connectivity index (χ4n) is 4.29. The molecule has 0 aromatic heterocycles. The van der Waals surface area contributed by atoms with Gasteiger partial charge in [0, 0.05) is 12.8 Å². The summed E-state index contributed by atoms with van der Waals surface area (Å²) >= 11 is 0. The molecule has 2 aliphatic heterocycles. The highest BCUT2D eigenvalue weighted by atomic mass is 16.6. The van der Waals surface area contributed by atoms with Gasteiger partial charge in [-0.25, -0.2) is 4.79 Å². The summed E-state index contributed by atoms with van der Waals surface area (Å²) in [7, 11) is 3.15. The second kappa shape index (κ2) is 4.72. The van der Waals surface area contributed by atoms with Gasteiger partial charge in [-0.3, -0.25) is 0 Å². The lowest BCUT2D eigenvalue weighted by molar-refractivity contribution is -0.872. The zero-order valence-electron chi connectivity index (χ0n) is 13.1. The number of esters is 1. The molecule has 0 radical (unpaired) electrons. The first-order valence-corrected chi connectivity index (χ1v) is 7.79. The summed E-state index contributed by atoms with van der Waals surface area (Å²) in [6, 6.07) is 2.83. The largest absolute Gasteiger partial charge is 0.633 e. The van der Waals surface area contributed by atoms with Crippen molar-refractivity contribution < 1.29 is 24.0 Å². The Balaban J connectivity index is 1.90. The maximum atomic E-state index is 12.9. The second-order valence-corrected chi connectivity index (χ2v) is 6.69. The lowest BCUT2D eigenvalue weighted by Crippen LogP contribution is -2.52. The van der Waals surface area contributed by atoms with Crippen LogP contribution >= 0.6 is 0 Å². The zero-order chi connectivity index (χ0) is 16.4. The lowest BCUT2D eigenvalue weighted by atomic mass is 9.74. The van der Waals surface area contributed by atoms with E-state index < -0.39 is 5.97 Å². The van der Waals surface area contributed by atoms with Gasteiger partial charge in [-0.05, 0) is 23.3 Å². The maximum Gasteiger partial charge on any atom is 0.338 e. The Kier molecular flexibility index (Phi) is 2.98. The van der Waals surface area contributed by atoms with Gasteiger partial charge in [0.25, 0.3) is 0 Å². The molecule has 0 amide bonds. The summed E-state index contributed by atoms with van der Waals surface area (Å²) in [5.41, 5.74) is 2.23. The van der Waals surface area contributed by atoms with Gasteiger partial charge < -0.3 is 24.4 Å². The number of phenols is 1. The Morgan fingerprint density at radius 2 is 2.22 bits per heavy atom. The van der Waals surface area contributed by atoms with E-state index in [-0.39, 0.29) is 28.5 Å². The molecule has 23 heavy (non-hydrogen) atoms. The highest BCUT2D eigenvalue weighted by molar-refractivity contribution is 5.93. The number of likely N-dealkylation sites (N-methyl/N-ethyl adjacent to an activating group) is 1. The SMILES string of the molecule is COc1cc2c(cc1O)C(=O)OC1CC=C3CC[N+](C)([O-])C3C21. The number of carbonyl (C=O) groups excluding carboxylic acids is 1. The third-order valence-electron chi connectivity index (χ3n) is 5.35. The molecule has 0 bridgehead atoms. The van der Waals surface area contributed by atoms with Gasteiger partial charge in [0.1, 0.15) is 12.1 Å². The molecule has 4 unspecified atom stereocenters. The molecule has 6 nitrogen and oxygen atoms in total. The minimum Gasteiger partial charge on any atom is -0.633 e. The Hall–Kier alpha value is -2.05. The summed E-state index contributed by atoms with van der Waals surface area (Å²) in [5.74, 6) is -0.429. The number of benzene rings is 1. The number of fused-ring (bicyclic) bond motifs is 5. The van der Waals surface area contributed by atoms with Crippen LogP contribution in [0.2, 0.25) is 0 Å². The van der Waals surface area contributed by atoms with Gasteiger partial charge in [0.2, 0.25) is 0 Å². The Bertz CT molecular complexity index is 724. The molecule has 1 fully saturated rings. The summed E-state index contributed by atoms with van der Waals surface area (Å²) in [6.07, 6.45) is 3.14. The van der Waals surface area contributed by atoms with Crippen LogP contribution < -0.4 is 4.74 Å². The molecule has 2 heterocycles. The minimum atomic E-state index is -0.450. The second-order valence-electron chi connectivity index (χ2n) is 6.69. The fourth-order valence-corrected chi connectivity index (χ4v) is 4.29. The number of rotatable bonds is 1. The quantitative estimate of drug-likeness (QED) is 0.371. The summed E-state index contributed by atoms with van der Waals surface area (Å²) in [6.45, 7) is 0.540. The van der Waals surface area contributed by atoms with Crippen molar-refractivity contribution in [2.75, 3.05) is 20.7 Å². The molecule has 0 saturated carbocycles. The number of likely N-dealkylation sites (tertiary alicyclic amines) is 1. The van der Waals surface area contributed by atoms with Crippen LogP contribution in [-0.2, 0) is 4.74 Å². The van der Waals surface area contributed by atoms with E-state index in [4.69, 9.17) is 9.47 Å². The van der Waals surface area contributed by atoms with E-state index in [9.17, 15) is 15.1 Å². The molecule has 4 atom stereocenters. The lowest BCUT2D eigenvalue weighted by Gasteiger charge is -2.48. The first-order chi connectivity index (χ1) is 10.9. The van der Waals surface area contributed by atoms with Crippen LogP contribution in [-0.4, -0.2) is 48.6 Å². The highest BCUT2D eigenvalue weighted by Gasteiger charge is 2.51. The first kappa shape index (κ1) is 14.5. The van der Waals surface area contributed by atoms with Crippen molar-refractivity contribution in [3.8, 4) is 11.5 Å². The van der Waals surface area contributed by atoms with Crippen molar-refractivity contribution in [2.24, 2.45) is 0 Å². The highest BCUT2D eigenvalue weighted by Crippen LogP contribution is 2.49. The van der Waals surface area contributed by atoms with Crippen LogP contribution in [0.4, 0.5) is 0 Å². The molecule has 6 heteroatoms. The normalized spacial score (nSPS) is 34.8. The summed E-state index contributed by atoms with van der Waals surface area (Å²) in [4.78, 5) is 12.3. The third-order valence-corrected chi connectivity index (χ3v) is 5.35. The Labute approximate surface area is 134 Å². The van der Waals surface area contributed by atoms with E-state index in [2.05, 4.69) is 6.08 Å². The van der Waals surface area contributed by atoms with Crippen LogP contribution in [0.1, 0.15) is 34.7 Å². The van der Waals surface area contributed by atoms with Gasteiger partial charge in [0.15, 0.2) is 11.5 Å². The van der Waals surface area contributed by atoms with E-state index in [1.165, 1.54) is 13.2 Å². The van der Waals surface area contributed by atoms with Crippen molar-refractivity contribution in [2.45, 2.75) is 30.9 Å². The molecule has 3 aliphatic rings. The molecule has 1 N–H and O–H groups in total. The van der Waals surface area contributed by atoms with E-state index >= 15 is 0 Å². The van der Waals surface area contributed by atoms with E-state index in [0.717, 1.165) is 17.6 Å². The number of aromatic hydroxyl groups is 1.